The monoisotopic (exact) mass is 423 g/mol. The highest BCUT2D eigenvalue weighted by Gasteiger charge is 2.27. The lowest BCUT2D eigenvalue weighted by Gasteiger charge is -2.33. The molecule has 3 aliphatic rings. The molecule has 1 saturated carbocycles. The van der Waals surface area contributed by atoms with Crippen molar-refractivity contribution in [2.45, 2.75) is 70.1 Å². The van der Waals surface area contributed by atoms with Crippen LogP contribution in [-0.4, -0.2) is 45.2 Å². The molecule has 3 heterocycles. The molecule has 0 unspecified atom stereocenters. The minimum Gasteiger partial charge on any atom is -0.324 e. The molecular formula is C24H33N5O2. The van der Waals surface area contributed by atoms with Crippen LogP contribution in [0.1, 0.15) is 75.1 Å². The second kappa shape index (κ2) is 8.99. The van der Waals surface area contributed by atoms with Crippen molar-refractivity contribution in [3.8, 4) is 5.69 Å². The number of fused-ring (bicyclic) bond motifs is 1. The van der Waals surface area contributed by atoms with Gasteiger partial charge in [0.15, 0.2) is 0 Å². The summed E-state index contributed by atoms with van der Waals surface area (Å²) in [5.41, 5.74) is 2.20. The molecule has 0 bridgehead atoms. The van der Waals surface area contributed by atoms with Crippen LogP contribution >= 0.6 is 0 Å². The molecule has 1 aliphatic carbocycles. The number of piperidine rings is 1. The van der Waals surface area contributed by atoms with Gasteiger partial charge in [-0.2, -0.15) is 4.68 Å². The van der Waals surface area contributed by atoms with Crippen molar-refractivity contribution in [3.05, 3.63) is 40.1 Å². The van der Waals surface area contributed by atoms with Gasteiger partial charge in [0, 0.05) is 18.9 Å². The number of H-pyrrole nitrogens is 1. The van der Waals surface area contributed by atoms with Crippen LogP contribution in [0, 0.1) is 5.92 Å². The number of carbonyl (C=O) groups is 1. The van der Waals surface area contributed by atoms with E-state index in [1.807, 2.05) is 18.2 Å². The van der Waals surface area contributed by atoms with Crippen LogP contribution in [0.5, 0.6) is 0 Å². The quantitative estimate of drug-likeness (QED) is 0.770. The Labute approximate surface area is 183 Å². The Balaban J connectivity index is 1.30. The molecule has 7 heteroatoms. The van der Waals surface area contributed by atoms with E-state index in [0.29, 0.717) is 18.5 Å². The summed E-state index contributed by atoms with van der Waals surface area (Å²) in [6.07, 6.45) is 11.7. The molecule has 2 N–H and O–H groups in total. The first kappa shape index (κ1) is 20.5. The number of carbonyl (C=O) groups excluding carboxylic acids is 1. The van der Waals surface area contributed by atoms with Gasteiger partial charge in [-0.15, -0.1) is 5.10 Å². The zero-order valence-corrected chi connectivity index (χ0v) is 18.2. The lowest BCUT2D eigenvalue weighted by atomic mass is 9.86. The number of nitrogens with zero attached hydrogens (tertiary/aromatic N) is 3. The van der Waals surface area contributed by atoms with Gasteiger partial charge in [-0.25, -0.2) is 4.79 Å². The lowest BCUT2D eigenvalue weighted by Crippen LogP contribution is -2.36. The molecule has 2 aliphatic heterocycles. The number of hydrogen-bond acceptors (Lipinski definition) is 4. The Kier molecular flexibility index (Phi) is 5.94. The molecule has 31 heavy (non-hydrogen) atoms. The van der Waals surface area contributed by atoms with Gasteiger partial charge in [-0.3, -0.25) is 9.78 Å². The summed E-state index contributed by atoms with van der Waals surface area (Å²) >= 11 is 0. The van der Waals surface area contributed by atoms with E-state index in [2.05, 4.69) is 15.2 Å². The number of para-hydroxylation sites is 1. The first-order valence-electron chi connectivity index (χ1n) is 12.0. The molecule has 2 aromatic rings. The first-order valence-corrected chi connectivity index (χ1v) is 12.0. The minimum absolute atomic E-state index is 0.00959. The average molecular weight is 424 g/mol. The van der Waals surface area contributed by atoms with E-state index in [-0.39, 0.29) is 17.5 Å². The SMILES string of the molecule is O=C1CCc2cccc(-n3nc([C@@H]4CCCN(CCC5CCCCC5)C4)[nH]c3=O)c2N1. The normalized spacial score (nSPS) is 22.8. The molecule has 2 fully saturated rings. The third-order valence-electron chi connectivity index (χ3n) is 7.35. The third kappa shape index (κ3) is 4.47. The van der Waals surface area contributed by atoms with Crippen LogP contribution in [0.3, 0.4) is 0 Å². The van der Waals surface area contributed by atoms with Crippen LogP contribution in [0.15, 0.2) is 23.0 Å². The smallest absolute Gasteiger partial charge is 0.324 e. The number of rotatable bonds is 5. The topological polar surface area (TPSA) is 83.0 Å². The van der Waals surface area contributed by atoms with Crippen molar-refractivity contribution >= 4 is 11.6 Å². The Bertz CT molecular complexity index is 988. The van der Waals surface area contributed by atoms with E-state index in [4.69, 9.17) is 5.10 Å². The van der Waals surface area contributed by atoms with Crippen molar-refractivity contribution in [1.29, 1.82) is 0 Å². The largest absolute Gasteiger partial charge is 0.348 e. The summed E-state index contributed by atoms with van der Waals surface area (Å²) in [7, 11) is 0. The Morgan fingerprint density at radius 2 is 1.90 bits per heavy atom. The van der Waals surface area contributed by atoms with E-state index < -0.39 is 0 Å². The van der Waals surface area contributed by atoms with Crippen LogP contribution < -0.4 is 11.0 Å². The van der Waals surface area contributed by atoms with Gasteiger partial charge in [0.1, 0.15) is 5.82 Å². The second-order valence-electron chi connectivity index (χ2n) is 9.52. The molecule has 166 valence electrons. The highest BCUT2D eigenvalue weighted by molar-refractivity contribution is 5.96. The number of anilines is 1. The highest BCUT2D eigenvalue weighted by Crippen LogP contribution is 2.30. The van der Waals surface area contributed by atoms with Gasteiger partial charge in [0.05, 0.1) is 11.4 Å². The maximum Gasteiger partial charge on any atom is 0.348 e. The summed E-state index contributed by atoms with van der Waals surface area (Å²) < 4.78 is 1.43. The van der Waals surface area contributed by atoms with Gasteiger partial charge in [-0.1, -0.05) is 44.2 Å². The number of likely N-dealkylation sites (tertiary alicyclic amines) is 1. The summed E-state index contributed by atoms with van der Waals surface area (Å²) in [4.78, 5) is 30.3. The Hall–Kier alpha value is -2.41. The Morgan fingerprint density at radius 3 is 2.77 bits per heavy atom. The summed E-state index contributed by atoms with van der Waals surface area (Å²) in [5.74, 6) is 1.91. The van der Waals surface area contributed by atoms with Crippen molar-refractivity contribution in [3.63, 3.8) is 0 Å². The predicted octanol–water partition coefficient (Wildman–Crippen LogP) is 3.60. The fraction of sp³-hybridized carbons (Fsp3) is 0.625. The number of benzene rings is 1. The number of amides is 1. The standard InChI is InChI=1S/C24H33N5O2/c30-21-12-11-18-8-4-10-20(22(18)25-21)29-24(31)26-23(27-29)19-9-5-14-28(16-19)15-13-17-6-2-1-3-7-17/h4,8,10,17,19H,1-3,5-7,9,11-16H2,(H,25,30)(H,26,27,31)/t19-/m1/s1. The molecule has 1 atom stereocenters. The minimum atomic E-state index is -0.234. The van der Waals surface area contributed by atoms with Gasteiger partial charge in [0.2, 0.25) is 5.91 Å². The van der Waals surface area contributed by atoms with E-state index >= 15 is 0 Å². The fourth-order valence-corrected chi connectivity index (χ4v) is 5.58. The van der Waals surface area contributed by atoms with Gasteiger partial charge >= 0.3 is 5.69 Å². The van der Waals surface area contributed by atoms with E-state index in [0.717, 1.165) is 55.5 Å². The summed E-state index contributed by atoms with van der Waals surface area (Å²) in [6.45, 7) is 3.26. The maximum absolute atomic E-state index is 12.8. The number of aromatic amines is 1. The number of nitrogens with one attached hydrogen (secondary N) is 2. The molecule has 1 aromatic carbocycles. The number of aromatic nitrogens is 3. The molecule has 1 amide bonds. The number of hydrogen-bond donors (Lipinski definition) is 2. The highest BCUT2D eigenvalue weighted by atomic mass is 16.2. The lowest BCUT2D eigenvalue weighted by molar-refractivity contribution is -0.116. The zero-order chi connectivity index (χ0) is 21.2. The second-order valence-corrected chi connectivity index (χ2v) is 9.52. The van der Waals surface area contributed by atoms with Gasteiger partial charge < -0.3 is 10.2 Å². The first-order chi connectivity index (χ1) is 15.2. The zero-order valence-electron chi connectivity index (χ0n) is 18.2. The fourth-order valence-electron chi connectivity index (χ4n) is 5.58. The van der Waals surface area contributed by atoms with Crippen molar-refractivity contribution in [2.75, 3.05) is 25.0 Å². The molecule has 0 radical (unpaired) electrons. The van der Waals surface area contributed by atoms with E-state index in [1.165, 1.54) is 43.2 Å². The molecule has 7 nitrogen and oxygen atoms in total. The molecule has 1 saturated heterocycles. The van der Waals surface area contributed by atoms with Crippen LogP contribution in [0.25, 0.3) is 5.69 Å². The van der Waals surface area contributed by atoms with Crippen LogP contribution in [-0.2, 0) is 11.2 Å². The maximum atomic E-state index is 12.8. The van der Waals surface area contributed by atoms with E-state index in [1.54, 1.807) is 0 Å². The Morgan fingerprint density at radius 1 is 1.03 bits per heavy atom. The molecule has 1 aromatic heterocycles. The van der Waals surface area contributed by atoms with Crippen molar-refractivity contribution in [1.82, 2.24) is 19.7 Å². The molecule has 5 rings (SSSR count). The summed E-state index contributed by atoms with van der Waals surface area (Å²) in [6, 6.07) is 5.79. The predicted molar refractivity (Wildman–Crippen MR) is 121 cm³/mol. The van der Waals surface area contributed by atoms with Crippen LogP contribution in [0.2, 0.25) is 0 Å². The molecular weight excluding hydrogens is 390 g/mol. The number of aryl methyl sites for hydroxylation is 1. The third-order valence-corrected chi connectivity index (χ3v) is 7.35. The average Bonchev–Trinajstić information content (AvgIpc) is 3.19. The van der Waals surface area contributed by atoms with Gasteiger partial charge in [-0.05, 0) is 56.3 Å². The van der Waals surface area contributed by atoms with Crippen molar-refractivity contribution in [2.24, 2.45) is 5.92 Å². The van der Waals surface area contributed by atoms with Crippen molar-refractivity contribution < 1.29 is 4.79 Å². The summed E-state index contributed by atoms with van der Waals surface area (Å²) in [5, 5.41) is 7.63. The van der Waals surface area contributed by atoms with E-state index in [9.17, 15) is 9.59 Å². The molecule has 0 spiro atoms. The van der Waals surface area contributed by atoms with Gasteiger partial charge in [0.25, 0.3) is 0 Å². The van der Waals surface area contributed by atoms with Crippen LogP contribution in [0.4, 0.5) is 5.69 Å².